The van der Waals surface area contributed by atoms with Crippen LogP contribution in [-0.2, 0) is 5.41 Å². The summed E-state index contributed by atoms with van der Waals surface area (Å²) in [6.07, 6.45) is 1.08. The Labute approximate surface area is 73.6 Å². The van der Waals surface area contributed by atoms with Crippen LogP contribution in [0.25, 0.3) is 0 Å². The zero-order valence-corrected chi connectivity index (χ0v) is 7.67. The van der Waals surface area contributed by atoms with Crippen molar-refractivity contribution >= 4 is 0 Å². The number of rotatable bonds is 0. The average molecular weight is 161 g/mol. The molecule has 1 atom stereocenters. The summed E-state index contributed by atoms with van der Waals surface area (Å²) in [5.41, 5.74) is 9.06. The molecule has 1 nitrogen and oxygen atoms in total. The predicted octanol–water partition coefficient (Wildman–Crippen LogP) is 2.37. The van der Waals surface area contributed by atoms with Crippen LogP contribution in [0.4, 0.5) is 0 Å². The lowest BCUT2D eigenvalue weighted by Gasteiger charge is -2.18. The number of hydrogen-bond donors (Lipinski definition) is 1. The Morgan fingerprint density at radius 3 is 2.67 bits per heavy atom. The largest absolute Gasteiger partial charge is 0.324 e. The molecule has 0 amide bonds. The van der Waals surface area contributed by atoms with Crippen LogP contribution in [0.1, 0.15) is 37.4 Å². The lowest BCUT2D eigenvalue weighted by molar-refractivity contribution is 0.481. The Hall–Kier alpha value is -0.820. The van der Waals surface area contributed by atoms with Gasteiger partial charge in [-0.25, -0.2) is 0 Å². The van der Waals surface area contributed by atoms with Gasteiger partial charge in [0.25, 0.3) is 0 Å². The highest BCUT2D eigenvalue weighted by atomic mass is 14.7. The Morgan fingerprint density at radius 1 is 1.33 bits per heavy atom. The molecule has 2 N–H and O–H groups in total. The molecule has 12 heavy (non-hydrogen) atoms. The first-order valence-corrected chi connectivity index (χ1v) is 4.46. The van der Waals surface area contributed by atoms with Gasteiger partial charge < -0.3 is 5.73 Å². The van der Waals surface area contributed by atoms with E-state index in [0.717, 1.165) is 6.42 Å². The molecule has 1 aromatic carbocycles. The summed E-state index contributed by atoms with van der Waals surface area (Å²) in [6.45, 7) is 4.53. The van der Waals surface area contributed by atoms with Crippen molar-refractivity contribution in [3.8, 4) is 0 Å². The van der Waals surface area contributed by atoms with Crippen molar-refractivity contribution in [2.75, 3.05) is 0 Å². The normalized spacial score (nSPS) is 25.4. The van der Waals surface area contributed by atoms with Crippen LogP contribution in [-0.4, -0.2) is 0 Å². The molecule has 0 bridgehead atoms. The van der Waals surface area contributed by atoms with E-state index in [1.807, 2.05) is 0 Å². The summed E-state index contributed by atoms with van der Waals surface area (Å²) in [4.78, 5) is 0. The molecule has 0 saturated heterocycles. The average Bonchev–Trinajstić information content (AvgIpc) is 2.25. The summed E-state index contributed by atoms with van der Waals surface area (Å²) in [7, 11) is 0. The van der Waals surface area contributed by atoms with Gasteiger partial charge in [0, 0.05) is 6.04 Å². The molecule has 64 valence electrons. The minimum atomic E-state index is 0.246. The molecule has 2 rings (SSSR count). The van der Waals surface area contributed by atoms with Gasteiger partial charge >= 0.3 is 0 Å². The van der Waals surface area contributed by atoms with Crippen LogP contribution in [0.15, 0.2) is 24.3 Å². The summed E-state index contributed by atoms with van der Waals surface area (Å²) in [5, 5.41) is 0. The first kappa shape index (κ1) is 7.81. The predicted molar refractivity (Wildman–Crippen MR) is 51.0 cm³/mol. The van der Waals surface area contributed by atoms with Gasteiger partial charge in [-0.05, 0) is 23.0 Å². The monoisotopic (exact) mass is 161 g/mol. The minimum absolute atomic E-state index is 0.246. The van der Waals surface area contributed by atoms with Crippen molar-refractivity contribution in [2.45, 2.75) is 31.7 Å². The van der Waals surface area contributed by atoms with Crippen molar-refractivity contribution in [2.24, 2.45) is 5.73 Å². The van der Waals surface area contributed by atoms with Crippen LogP contribution in [0.2, 0.25) is 0 Å². The van der Waals surface area contributed by atoms with E-state index >= 15 is 0 Å². The van der Waals surface area contributed by atoms with E-state index in [1.54, 1.807) is 0 Å². The highest BCUT2D eigenvalue weighted by Gasteiger charge is 2.34. The molecule has 0 radical (unpaired) electrons. The van der Waals surface area contributed by atoms with Gasteiger partial charge in [-0.3, -0.25) is 0 Å². The smallest absolute Gasteiger partial charge is 0.0306 e. The lowest BCUT2D eigenvalue weighted by atomic mass is 9.87. The van der Waals surface area contributed by atoms with Gasteiger partial charge in [0.05, 0.1) is 0 Å². The second-order valence-electron chi connectivity index (χ2n) is 4.28. The fourth-order valence-corrected chi connectivity index (χ4v) is 2.21. The van der Waals surface area contributed by atoms with E-state index in [4.69, 9.17) is 5.73 Å². The summed E-state index contributed by atoms with van der Waals surface area (Å²) in [6, 6.07) is 8.76. The van der Waals surface area contributed by atoms with Crippen LogP contribution in [0.3, 0.4) is 0 Å². The SMILES string of the molecule is CC1(C)C[C@@H](N)c2ccccc21. The zero-order valence-electron chi connectivity index (χ0n) is 7.67. The highest BCUT2D eigenvalue weighted by molar-refractivity contribution is 5.40. The molecule has 1 aromatic rings. The second-order valence-corrected chi connectivity index (χ2v) is 4.28. The van der Waals surface area contributed by atoms with Gasteiger partial charge in [0.2, 0.25) is 0 Å². The Bertz CT molecular complexity index is 302. The van der Waals surface area contributed by atoms with Crippen LogP contribution in [0, 0.1) is 0 Å². The summed E-state index contributed by atoms with van der Waals surface area (Å²) < 4.78 is 0. The molecule has 0 aromatic heterocycles. The second kappa shape index (κ2) is 2.33. The minimum Gasteiger partial charge on any atom is -0.324 e. The van der Waals surface area contributed by atoms with Crippen molar-refractivity contribution in [1.82, 2.24) is 0 Å². The van der Waals surface area contributed by atoms with E-state index in [2.05, 4.69) is 38.1 Å². The molecule has 0 spiro atoms. The molecule has 1 aliphatic carbocycles. The molecule has 1 heteroatoms. The topological polar surface area (TPSA) is 26.0 Å². The van der Waals surface area contributed by atoms with Crippen molar-refractivity contribution in [3.63, 3.8) is 0 Å². The first-order valence-electron chi connectivity index (χ1n) is 4.46. The van der Waals surface area contributed by atoms with Crippen LogP contribution in [0.5, 0.6) is 0 Å². The van der Waals surface area contributed by atoms with Crippen molar-refractivity contribution < 1.29 is 0 Å². The number of benzene rings is 1. The van der Waals surface area contributed by atoms with E-state index in [1.165, 1.54) is 11.1 Å². The lowest BCUT2D eigenvalue weighted by Crippen LogP contribution is -2.14. The maximum absolute atomic E-state index is 6.02. The molecule has 0 fully saturated rings. The molecule has 0 saturated carbocycles. The third kappa shape index (κ3) is 0.969. The maximum Gasteiger partial charge on any atom is 0.0306 e. The van der Waals surface area contributed by atoms with Gasteiger partial charge in [-0.2, -0.15) is 0 Å². The van der Waals surface area contributed by atoms with E-state index in [9.17, 15) is 0 Å². The van der Waals surface area contributed by atoms with Crippen LogP contribution >= 0.6 is 0 Å². The number of nitrogens with two attached hydrogens (primary N) is 1. The maximum atomic E-state index is 6.02. The first-order chi connectivity index (χ1) is 5.61. The Morgan fingerprint density at radius 2 is 2.00 bits per heavy atom. The molecule has 1 aliphatic rings. The Balaban J connectivity index is 2.58. The molecule has 0 unspecified atom stereocenters. The van der Waals surface area contributed by atoms with Gasteiger partial charge in [-0.15, -0.1) is 0 Å². The van der Waals surface area contributed by atoms with Crippen molar-refractivity contribution in [1.29, 1.82) is 0 Å². The van der Waals surface area contributed by atoms with Crippen molar-refractivity contribution in [3.05, 3.63) is 35.4 Å². The van der Waals surface area contributed by atoms with E-state index in [-0.39, 0.29) is 11.5 Å². The quantitative estimate of drug-likeness (QED) is 0.621. The fraction of sp³-hybridized carbons (Fsp3) is 0.455. The van der Waals surface area contributed by atoms with Crippen LogP contribution < -0.4 is 5.73 Å². The molecular weight excluding hydrogens is 146 g/mol. The summed E-state index contributed by atoms with van der Waals surface area (Å²) in [5.74, 6) is 0. The zero-order chi connectivity index (χ0) is 8.77. The van der Waals surface area contributed by atoms with Gasteiger partial charge in [-0.1, -0.05) is 38.1 Å². The highest BCUT2D eigenvalue weighted by Crippen LogP contribution is 2.42. The molecular formula is C11H15N. The third-order valence-electron chi connectivity index (χ3n) is 2.82. The standard InChI is InChI=1S/C11H15N/c1-11(2)7-10(12)8-5-3-4-6-9(8)11/h3-6,10H,7,12H2,1-2H3/t10-/m1/s1. The third-order valence-corrected chi connectivity index (χ3v) is 2.82. The van der Waals surface area contributed by atoms with E-state index < -0.39 is 0 Å². The molecule has 0 heterocycles. The van der Waals surface area contributed by atoms with Gasteiger partial charge in [0.15, 0.2) is 0 Å². The van der Waals surface area contributed by atoms with Gasteiger partial charge in [0.1, 0.15) is 0 Å². The Kier molecular flexibility index (Phi) is 1.52. The fourth-order valence-electron chi connectivity index (χ4n) is 2.21. The summed E-state index contributed by atoms with van der Waals surface area (Å²) >= 11 is 0. The number of fused-ring (bicyclic) bond motifs is 1. The van der Waals surface area contributed by atoms with E-state index in [0.29, 0.717) is 0 Å². The molecule has 0 aliphatic heterocycles. The number of hydrogen-bond acceptors (Lipinski definition) is 1.